The number of carbonyl (C=O) groups excluding carboxylic acids is 1. The summed E-state index contributed by atoms with van der Waals surface area (Å²) in [6, 6.07) is 0. The predicted octanol–water partition coefficient (Wildman–Crippen LogP) is 0.636. The van der Waals surface area contributed by atoms with E-state index in [-0.39, 0.29) is 12.3 Å². The Bertz CT molecular complexity index is 258. The summed E-state index contributed by atoms with van der Waals surface area (Å²) in [6.45, 7) is 6.57. The van der Waals surface area contributed by atoms with Gasteiger partial charge in [0.1, 0.15) is 5.60 Å². The number of hydrogen-bond acceptors (Lipinski definition) is 3. The standard InChI is InChI=1S/C10H17NO2/c1-4-10(13)8(3)7(2)5-11-6-9(10)12/h11,13H,4-6H2,1-3H3/t10-/m1/s1. The first-order valence-corrected chi connectivity index (χ1v) is 4.65. The fourth-order valence-electron chi connectivity index (χ4n) is 1.67. The first-order chi connectivity index (χ1) is 6.02. The van der Waals surface area contributed by atoms with E-state index in [9.17, 15) is 9.90 Å². The molecule has 3 heteroatoms. The zero-order valence-corrected chi connectivity index (χ0v) is 8.48. The molecule has 1 aliphatic heterocycles. The second kappa shape index (κ2) is 3.60. The molecule has 3 nitrogen and oxygen atoms in total. The zero-order chi connectivity index (χ0) is 10.1. The molecule has 0 aliphatic carbocycles. The minimum absolute atomic E-state index is 0.121. The van der Waals surface area contributed by atoms with Crippen LogP contribution in [0.4, 0.5) is 0 Å². The van der Waals surface area contributed by atoms with Gasteiger partial charge in [0, 0.05) is 6.54 Å². The van der Waals surface area contributed by atoms with Crippen LogP contribution in [0.1, 0.15) is 27.2 Å². The molecule has 2 N–H and O–H groups in total. The van der Waals surface area contributed by atoms with Crippen LogP contribution in [0.25, 0.3) is 0 Å². The van der Waals surface area contributed by atoms with Crippen LogP contribution >= 0.6 is 0 Å². The van der Waals surface area contributed by atoms with Crippen LogP contribution in [-0.4, -0.2) is 29.6 Å². The third-order valence-corrected chi connectivity index (χ3v) is 2.91. The molecular formula is C10H17NO2. The zero-order valence-electron chi connectivity index (χ0n) is 8.48. The summed E-state index contributed by atoms with van der Waals surface area (Å²) in [5, 5.41) is 13.1. The molecule has 0 aromatic heterocycles. The molecule has 0 saturated carbocycles. The van der Waals surface area contributed by atoms with Gasteiger partial charge in [0.15, 0.2) is 5.78 Å². The lowest BCUT2D eigenvalue weighted by molar-refractivity contribution is -0.132. The Morgan fingerprint density at radius 2 is 2.08 bits per heavy atom. The lowest BCUT2D eigenvalue weighted by Crippen LogP contribution is -2.42. The van der Waals surface area contributed by atoms with Gasteiger partial charge in [-0.3, -0.25) is 4.79 Å². The van der Waals surface area contributed by atoms with E-state index in [4.69, 9.17) is 0 Å². The Morgan fingerprint density at radius 1 is 1.46 bits per heavy atom. The molecule has 1 rings (SSSR count). The highest BCUT2D eigenvalue weighted by atomic mass is 16.3. The van der Waals surface area contributed by atoms with Gasteiger partial charge in [-0.2, -0.15) is 0 Å². The minimum Gasteiger partial charge on any atom is -0.378 e. The molecule has 0 unspecified atom stereocenters. The summed E-state index contributed by atoms with van der Waals surface area (Å²) in [7, 11) is 0. The van der Waals surface area contributed by atoms with Crippen molar-refractivity contribution in [3.63, 3.8) is 0 Å². The Morgan fingerprint density at radius 3 is 2.62 bits per heavy atom. The summed E-state index contributed by atoms with van der Waals surface area (Å²) >= 11 is 0. The normalized spacial score (nSPS) is 30.6. The van der Waals surface area contributed by atoms with Crippen LogP contribution < -0.4 is 5.32 Å². The average molecular weight is 183 g/mol. The fraction of sp³-hybridized carbons (Fsp3) is 0.700. The molecule has 13 heavy (non-hydrogen) atoms. The van der Waals surface area contributed by atoms with Crippen LogP contribution in [0.3, 0.4) is 0 Å². The van der Waals surface area contributed by atoms with Gasteiger partial charge in [-0.1, -0.05) is 12.5 Å². The van der Waals surface area contributed by atoms with E-state index in [1.165, 1.54) is 0 Å². The number of aliphatic hydroxyl groups is 1. The number of Topliss-reactive ketones (excluding diaryl/α,β-unsaturated/α-hetero) is 1. The molecule has 0 radical (unpaired) electrons. The molecule has 0 saturated heterocycles. The highest BCUT2D eigenvalue weighted by molar-refractivity contribution is 5.92. The van der Waals surface area contributed by atoms with Gasteiger partial charge >= 0.3 is 0 Å². The van der Waals surface area contributed by atoms with E-state index in [0.717, 1.165) is 11.1 Å². The molecular weight excluding hydrogens is 166 g/mol. The van der Waals surface area contributed by atoms with Crippen LogP contribution in [0.5, 0.6) is 0 Å². The van der Waals surface area contributed by atoms with Crippen molar-refractivity contribution >= 4 is 5.78 Å². The lowest BCUT2D eigenvalue weighted by atomic mass is 9.86. The van der Waals surface area contributed by atoms with Crippen LogP contribution in [-0.2, 0) is 4.79 Å². The molecule has 0 bridgehead atoms. The minimum atomic E-state index is -1.23. The van der Waals surface area contributed by atoms with Gasteiger partial charge < -0.3 is 10.4 Å². The van der Waals surface area contributed by atoms with Crippen molar-refractivity contribution in [2.45, 2.75) is 32.8 Å². The highest BCUT2D eigenvalue weighted by Crippen LogP contribution is 2.25. The van der Waals surface area contributed by atoms with Crippen LogP contribution in [0, 0.1) is 0 Å². The SMILES string of the molecule is CC[C@]1(O)C(=O)CNCC(C)=C1C. The van der Waals surface area contributed by atoms with Gasteiger partial charge in [-0.25, -0.2) is 0 Å². The summed E-state index contributed by atoms with van der Waals surface area (Å²) in [4.78, 5) is 11.6. The van der Waals surface area contributed by atoms with E-state index < -0.39 is 5.60 Å². The summed E-state index contributed by atoms with van der Waals surface area (Å²) < 4.78 is 0. The van der Waals surface area contributed by atoms with Gasteiger partial charge in [0.05, 0.1) is 6.54 Å². The number of rotatable bonds is 1. The molecule has 74 valence electrons. The van der Waals surface area contributed by atoms with Crippen molar-refractivity contribution in [3.05, 3.63) is 11.1 Å². The van der Waals surface area contributed by atoms with E-state index in [1.54, 1.807) is 0 Å². The van der Waals surface area contributed by atoms with Gasteiger partial charge in [0.25, 0.3) is 0 Å². The average Bonchev–Trinajstić information content (AvgIpc) is 2.21. The maximum atomic E-state index is 11.6. The number of ketones is 1. The van der Waals surface area contributed by atoms with E-state index >= 15 is 0 Å². The third-order valence-electron chi connectivity index (χ3n) is 2.91. The van der Waals surface area contributed by atoms with Crippen molar-refractivity contribution in [2.24, 2.45) is 0 Å². The van der Waals surface area contributed by atoms with Crippen molar-refractivity contribution in [3.8, 4) is 0 Å². The predicted molar refractivity (Wildman–Crippen MR) is 51.5 cm³/mol. The lowest BCUT2D eigenvalue weighted by Gasteiger charge is -2.25. The first kappa shape index (κ1) is 10.4. The molecule has 1 heterocycles. The van der Waals surface area contributed by atoms with E-state index in [2.05, 4.69) is 5.32 Å². The molecule has 0 amide bonds. The first-order valence-electron chi connectivity index (χ1n) is 4.65. The Labute approximate surface area is 78.8 Å². The largest absolute Gasteiger partial charge is 0.378 e. The molecule has 1 atom stereocenters. The van der Waals surface area contributed by atoms with Gasteiger partial charge in [-0.15, -0.1) is 0 Å². The van der Waals surface area contributed by atoms with E-state index in [1.807, 2.05) is 20.8 Å². The Kier molecular flexibility index (Phi) is 2.88. The highest BCUT2D eigenvalue weighted by Gasteiger charge is 2.37. The summed E-state index contributed by atoms with van der Waals surface area (Å²) in [5.41, 5.74) is 0.647. The van der Waals surface area contributed by atoms with Crippen molar-refractivity contribution < 1.29 is 9.90 Å². The Balaban J connectivity index is 3.11. The molecule has 0 aromatic rings. The fourth-order valence-corrected chi connectivity index (χ4v) is 1.67. The van der Waals surface area contributed by atoms with Crippen molar-refractivity contribution in [2.75, 3.05) is 13.1 Å². The van der Waals surface area contributed by atoms with E-state index in [0.29, 0.717) is 13.0 Å². The molecule has 0 fully saturated rings. The molecule has 0 aromatic carbocycles. The number of hydrogen-bond donors (Lipinski definition) is 2. The van der Waals surface area contributed by atoms with Gasteiger partial charge in [-0.05, 0) is 25.8 Å². The smallest absolute Gasteiger partial charge is 0.182 e. The second-order valence-corrected chi connectivity index (χ2v) is 3.65. The van der Waals surface area contributed by atoms with Gasteiger partial charge in [0.2, 0.25) is 0 Å². The Hall–Kier alpha value is -0.670. The van der Waals surface area contributed by atoms with Crippen molar-refractivity contribution in [1.82, 2.24) is 5.32 Å². The van der Waals surface area contributed by atoms with Crippen molar-refractivity contribution in [1.29, 1.82) is 0 Å². The second-order valence-electron chi connectivity index (χ2n) is 3.65. The van der Waals surface area contributed by atoms with Crippen LogP contribution in [0.2, 0.25) is 0 Å². The monoisotopic (exact) mass is 183 g/mol. The molecule has 1 aliphatic rings. The van der Waals surface area contributed by atoms with Crippen LogP contribution in [0.15, 0.2) is 11.1 Å². The summed E-state index contributed by atoms with van der Waals surface area (Å²) in [6.07, 6.45) is 0.455. The maximum absolute atomic E-state index is 11.6. The summed E-state index contributed by atoms with van der Waals surface area (Å²) in [5.74, 6) is -0.121. The number of carbonyl (C=O) groups is 1. The molecule has 0 spiro atoms. The quantitative estimate of drug-likeness (QED) is 0.586. The topological polar surface area (TPSA) is 49.3 Å². The maximum Gasteiger partial charge on any atom is 0.182 e. The third kappa shape index (κ3) is 1.67. The number of nitrogens with one attached hydrogen (secondary N) is 1.